The molecule has 0 aliphatic heterocycles. The van der Waals surface area contributed by atoms with Gasteiger partial charge in [-0.25, -0.2) is 0 Å². The molecule has 1 aliphatic rings. The number of Topliss-reactive ketones (excluding diaryl/α,β-unsaturated/α-hetero) is 1. The lowest BCUT2D eigenvalue weighted by Gasteiger charge is -2.21. The lowest BCUT2D eigenvalue weighted by molar-refractivity contribution is 0.0985. The summed E-state index contributed by atoms with van der Waals surface area (Å²) in [4.78, 5) is 12.0. The van der Waals surface area contributed by atoms with Crippen LogP contribution in [-0.2, 0) is 6.42 Å². The van der Waals surface area contributed by atoms with E-state index < -0.39 is 0 Å². The molecular weight excluding hydrogens is 246 g/mol. The van der Waals surface area contributed by atoms with E-state index in [1.54, 1.807) is 0 Å². The van der Waals surface area contributed by atoms with E-state index in [1.807, 2.05) is 6.07 Å². The highest BCUT2D eigenvalue weighted by Gasteiger charge is 2.14. The zero-order chi connectivity index (χ0) is 14.4. The van der Waals surface area contributed by atoms with E-state index >= 15 is 0 Å². The Labute approximate surface area is 122 Å². The van der Waals surface area contributed by atoms with Gasteiger partial charge in [0.1, 0.15) is 0 Å². The third kappa shape index (κ3) is 4.45. The van der Waals surface area contributed by atoms with E-state index in [0.717, 1.165) is 17.9 Å². The van der Waals surface area contributed by atoms with Crippen LogP contribution in [0.15, 0.2) is 18.2 Å². The minimum atomic E-state index is 0.176. The van der Waals surface area contributed by atoms with Crippen LogP contribution in [0.1, 0.15) is 66.4 Å². The Morgan fingerprint density at radius 2 is 1.95 bits per heavy atom. The molecule has 2 nitrogen and oxygen atoms in total. The highest BCUT2D eigenvalue weighted by molar-refractivity contribution is 5.96. The number of carbonyl (C=O) groups excluding carboxylic acids is 1. The summed E-state index contributed by atoms with van der Waals surface area (Å²) >= 11 is 0. The molecule has 1 aromatic rings. The second-order valence-corrected chi connectivity index (χ2v) is 6.21. The Bertz CT molecular complexity index is 447. The summed E-state index contributed by atoms with van der Waals surface area (Å²) in [5.74, 6) is 1.07. The average molecular weight is 273 g/mol. The van der Waals surface area contributed by atoms with Crippen LogP contribution in [-0.4, -0.2) is 12.3 Å². The second kappa shape index (κ2) is 7.58. The summed E-state index contributed by atoms with van der Waals surface area (Å²) in [6.07, 6.45) is 9.83. The summed E-state index contributed by atoms with van der Waals surface area (Å²) in [5.41, 5.74) is 8.82. The van der Waals surface area contributed by atoms with Gasteiger partial charge in [-0.2, -0.15) is 0 Å². The minimum absolute atomic E-state index is 0.176. The fourth-order valence-corrected chi connectivity index (χ4v) is 3.29. The average Bonchev–Trinajstić information content (AvgIpc) is 2.46. The number of aryl methyl sites for hydroxylation is 2. The molecule has 20 heavy (non-hydrogen) atoms. The molecule has 0 saturated heterocycles. The Morgan fingerprint density at radius 3 is 2.65 bits per heavy atom. The van der Waals surface area contributed by atoms with Gasteiger partial charge in [-0.05, 0) is 49.9 Å². The van der Waals surface area contributed by atoms with E-state index in [1.165, 1.54) is 49.7 Å². The largest absolute Gasteiger partial charge is 0.330 e. The predicted octanol–water partition coefficient (Wildman–Crippen LogP) is 4.04. The first-order valence-electron chi connectivity index (χ1n) is 8.03. The quantitative estimate of drug-likeness (QED) is 0.795. The monoisotopic (exact) mass is 273 g/mol. The highest BCUT2D eigenvalue weighted by atomic mass is 16.1. The van der Waals surface area contributed by atoms with Crippen molar-refractivity contribution >= 4 is 5.78 Å². The normalized spacial score (nSPS) is 16.3. The van der Waals surface area contributed by atoms with Crippen molar-refractivity contribution in [1.82, 2.24) is 0 Å². The van der Waals surface area contributed by atoms with Crippen molar-refractivity contribution in [2.24, 2.45) is 11.7 Å². The standard InChI is InChI=1S/C18H27NO/c1-14-11-16(8-7-15-5-3-2-4-6-15)13-17(12-14)18(20)9-10-19/h11-13,15H,2-10,19H2,1H3. The van der Waals surface area contributed by atoms with Gasteiger partial charge in [0.2, 0.25) is 0 Å². The Balaban J connectivity index is 1.98. The number of hydrogen-bond donors (Lipinski definition) is 1. The van der Waals surface area contributed by atoms with E-state index in [2.05, 4.69) is 19.1 Å². The van der Waals surface area contributed by atoms with Crippen LogP contribution in [0.4, 0.5) is 0 Å². The molecule has 1 fully saturated rings. The molecule has 0 unspecified atom stereocenters. The van der Waals surface area contributed by atoms with Gasteiger partial charge in [-0.3, -0.25) is 4.79 Å². The van der Waals surface area contributed by atoms with Crippen LogP contribution in [0, 0.1) is 12.8 Å². The molecule has 1 saturated carbocycles. The Hall–Kier alpha value is -1.15. The molecule has 1 aromatic carbocycles. The van der Waals surface area contributed by atoms with Crippen molar-refractivity contribution in [3.05, 3.63) is 34.9 Å². The molecule has 0 bridgehead atoms. The molecule has 1 aliphatic carbocycles. The number of carbonyl (C=O) groups is 1. The Morgan fingerprint density at radius 1 is 1.20 bits per heavy atom. The third-order valence-corrected chi connectivity index (χ3v) is 4.40. The molecule has 2 heteroatoms. The SMILES string of the molecule is Cc1cc(CCC2CCCCC2)cc(C(=O)CCN)c1. The molecule has 0 amide bonds. The minimum Gasteiger partial charge on any atom is -0.330 e. The van der Waals surface area contributed by atoms with E-state index in [0.29, 0.717) is 13.0 Å². The first-order valence-corrected chi connectivity index (χ1v) is 8.03. The van der Waals surface area contributed by atoms with Crippen LogP contribution >= 0.6 is 0 Å². The van der Waals surface area contributed by atoms with Crippen molar-refractivity contribution in [2.75, 3.05) is 6.54 Å². The zero-order valence-electron chi connectivity index (χ0n) is 12.7. The lowest BCUT2D eigenvalue weighted by atomic mass is 9.85. The van der Waals surface area contributed by atoms with Gasteiger partial charge in [0.05, 0.1) is 0 Å². The maximum Gasteiger partial charge on any atom is 0.164 e. The smallest absolute Gasteiger partial charge is 0.164 e. The molecule has 2 rings (SSSR count). The van der Waals surface area contributed by atoms with Gasteiger partial charge in [0.25, 0.3) is 0 Å². The third-order valence-electron chi connectivity index (χ3n) is 4.40. The maximum absolute atomic E-state index is 12.0. The van der Waals surface area contributed by atoms with Crippen molar-refractivity contribution in [3.63, 3.8) is 0 Å². The summed E-state index contributed by atoms with van der Waals surface area (Å²) in [5, 5.41) is 0. The van der Waals surface area contributed by atoms with Gasteiger partial charge < -0.3 is 5.73 Å². The van der Waals surface area contributed by atoms with Gasteiger partial charge in [-0.15, -0.1) is 0 Å². The topological polar surface area (TPSA) is 43.1 Å². The first-order chi connectivity index (χ1) is 9.69. The van der Waals surface area contributed by atoms with E-state index in [-0.39, 0.29) is 5.78 Å². The van der Waals surface area contributed by atoms with Crippen molar-refractivity contribution < 1.29 is 4.79 Å². The lowest BCUT2D eigenvalue weighted by Crippen LogP contribution is -2.10. The Kier molecular flexibility index (Phi) is 5.78. The van der Waals surface area contributed by atoms with Crippen LogP contribution in [0.3, 0.4) is 0 Å². The summed E-state index contributed by atoms with van der Waals surface area (Å²) in [7, 11) is 0. The van der Waals surface area contributed by atoms with E-state index in [9.17, 15) is 4.79 Å². The van der Waals surface area contributed by atoms with Gasteiger partial charge in [-0.1, -0.05) is 43.7 Å². The van der Waals surface area contributed by atoms with Crippen LogP contribution in [0.2, 0.25) is 0 Å². The molecule has 2 N–H and O–H groups in total. The van der Waals surface area contributed by atoms with Crippen molar-refractivity contribution in [1.29, 1.82) is 0 Å². The molecule has 0 spiro atoms. The fourth-order valence-electron chi connectivity index (χ4n) is 3.29. The summed E-state index contributed by atoms with van der Waals surface area (Å²) in [6, 6.07) is 6.29. The summed E-state index contributed by atoms with van der Waals surface area (Å²) < 4.78 is 0. The first kappa shape index (κ1) is 15.2. The van der Waals surface area contributed by atoms with Crippen LogP contribution < -0.4 is 5.73 Å². The van der Waals surface area contributed by atoms with Crippen molar-refractivity contribution in [3.8, 4) is 0 Å². The number of hydrogen-bond acceptors (Lipinski definition) is 2. The molecule has 0 heterocycles. The van der Waals surface area contributed by atoms with Gasteiger partial charge in [0, 0.05) is 12.0 Å². The maximum atomic E-state index is 12.0. The number of rotatable bonds is 6. The molecule has 0 aromatic heterocycles. The van der Waals surface area contributed by atoms with Crippen LogP contribution in [0.5, 0.6) is 0 Å². The highest BCUT2D eigenvalue weighted by Crippen LogP contribution is 2.27. The molecule has 0 atom stereocenters. The zero-order valence-corrected chi connectivity index (χ0v) is 12.7. The predicted molar refractivity (Wildman–Crippen MR) is 84.1 cm³/mol. The number of nitrogens with two attached hydrogens (primary N) is 1. The van der Waals surface area contributed by atoms with Crippen LogP contribution in [0.25, 0.3) is 0 Å². The molecule has 110 valence electrons. The van der Waals surface area contributed by atoms with Gasteiger partial charge in [0.15, 0.2) is 5.78 Å². The number of benzene rings is 1. The molecular formula is C18H27NO. The fraction of sp³-hybridized carbons (Fsp3) is 0.611. The van der Waals surface area contributed by atoms with Crippen molar-refractivity contribution in [2.45, 2.75) is 58.3 Å². The number of ketones is 1. The second-order valence-electron chi connectivity index (χ2n) is 6.21. The van der Waals surface area contributed by atoms with E-state index in [4.69, 9.17) is 5.73 Å². The summed E-state index contributed by atoms with van der Waals surface area (Å²) in [6.45, 7) is 2.51. The molecule has 0 radical (unpaired) electrons. The van der Waals surface area contributed by atoms with Gasteiger partial charge >= 0.3 is 0 Å².